The van der Waals surface area contributed by atoms with E-state index in [0.717, 1.165) is 5.69 Å². The van der Waals surface area contributed by atoms with Gasteiger partial charge in [0.15, 0.2) is 0 Å². The summed E-state index contributed by atoms with van der Waals surface area (Å²) in [6.07, 6.45) is 1.40. The van der Waals surface area contributed by atoms with Gasteiger partial charge in [0.2, 0.25) is 15.9 Å². The van der Waals surface area contributed by atoms with Crippen molar-refractivity contribution in [3.05, 3.63) is 76.9 Å². The molecule has 0 aliphatic heterocycles. The van der Waals surface area contributed by atoms with Crippen LogP contribution in [0.15, 0.2) is 65.7 Å². The number of nitrogens with two attached hydrogens (primary N) is 1. The number of rotatable bonds is 7. The van der Waals surface area contributed by atoms with Crippen LogP contribution in [0.1, 0.15) is 15.9 Å². The van der Waals surface area contributed by atoms with Gasteiger partial charge in [-0.2, -0.15) is 0 Å². The predicted molar refractivity (Wildman–Crippen MR) is 114 cm³/mol. The molecule has 0 unspecified atom stereocenters. The van der Waals surface area contributed by atoms with Crippen molar-refractivity contribution >= 4 is 33.2 Å². The number of hydrogen-bond donors (Lipinski definition) is 3. The van der Waals surface area contributed by atoms with E-state index < -0.39 is 10.0 Å². The number of pyridine rings is 1. The Hall–Kier alpha value is -3.14. The Labute approximate surface area is 179 Å². The summed E-state index contributed by atoms with van der Waals surface area (Å²) >= 11 is 6.08. The number of aromatic nitrogens is 1. The molecule has 2 aromatic carbocycles. The van der Waals surface area contributed by atoms with Gasteiger partial charge in [-0.15, -0.1) is 0 Å². The fraction of sp³-hybridized carbons (Fsp3) is 0.100. The fourth-order valence-electron chi connectivity index (χ4n) is 2.51. The van der Waals surface area contributed by atoms with Gasteiger partial charge in [0.1, 0.15) is 5.75 Å². The van der Waals surface area contributed by atoms with Crippen LogP contribution in [-0.2, 0) is 16.6 Å². The molecule has 0 saturated carbocycles. The number of sulfonamides is 1. The summed E-state index contributed by atoms with van der Waals surface area (Å²) in [5, 5.41) is 11.0. The van der Waals surface area contributed by atoms with E-state index >= 15 is 0 Å². The average Bonchev–Trinajstić information content (AvgIpc) is 2.73. The van der Waals surface area contributed by atoms with Crippen molar-refractivity contribution in [2.45, 2.75) is 11.4 Å². The maximum atomic E-state index is 12.3. The van der Waals surface area contributed by atoms with E-state index in [-0.39, 0.29) is 22.4 Å². The van der Waals surface area contributed by atoms with Crippen LogP contribution < -0.4 is 20.5 Å². The molecule has 1 aromatic heterocycles. The molecule has 0 aliphatic rings. The van der Waals surface area contributed by atoms with Crippen molar-refractivity contribution in [2.75, 3.05) is 12.4 Å². The van der Waals surface area contributed by atoms with E-state index in [2.05, 4.69) is 15.6 Å². The second-order valence-electron chi connectivity index (χ2n) is 6.24. The van der Waals surface area contributed by atoms with Crippen molar-refractivity contribution in [1.29, 1.82) is 0 Å². The standard InChI is InChI=1S/C20H19ClN4O4S/c1-23-15-4-6-16(7-5-15)29-19-9-3-14(12-24-19)20(26)25-11-13-2-8-17(10-18(13)21)30(22,27)28/h2-10,12,23H,11H2,1H3,(H,25,26)(H2,22,27,28). The molecule has 3 aromatic rings. The summed E-state index contributed by atoms with van der Waals surface area (Å²) in [4.78, 5) is 16.4. The maximum Gasteiger partial charge on any atom is 0.253 e. The number of carbonyl (C=O) groups is 1. The van der Waals surface area contributed by atoms with Crippen molar-refractivity contribution < 1.29 is 17.9 Å². The van der Waals surface area contributed by atoms with Gasteiger partial charge in [0.05, 0.1) is 10.5 Å². The summed E-state index contributed by atoms with van der Waals surface area (Å²) in [5.41, 5.74) is 1.85. The number of ether oxygens (including phenoxy) is 1. The highest BCUT2D eigenvalue weighted by atomic mass is 35.5. The van der Waals surface area contributed by atoms with E-state index in [0.29, 0.717) is 22.8 Å². The second kappa shape index (κ2) is 9.12. The highest BCUT2D eigenvalue weighted by Crippen LogP contribution is 2.22. The van der Waals surface area contributed by atoms with Crippen LogP contribution >= 0.6 is 11.6 Å². The van der Waals surface area contributed by atoms with Gasteiger partial charge >= 0.3 is 0 Å². The Balaban J connectivity index is 1.60. The summed E-state index contributed by atoms with van der Waals surface area (Å²) < 4.78 is 28.3. The molecule has 1 heterocycles. The average molecular weight is 447 g/mol. The topological polar surface area (TPSA) is 123 Å². The third-order valence-electron chi connectivity index (χ3n) is 4.16. The van der Waals surface area contributed by atoms with Gasteiger partial charge in [0.25, 0.3) is 5.91 Å². The minimum atomic E-state index is -3.84. The maximum absolute atomic E-state index is 12.3. The molecule has 0 aliphatic carbocycles. The van der Waals surface area contributed by atoms with Crippen LogP contribution in [0.25, 0.3) is 0 Å². The minimum absolute atomic E-state index is 0.0945. The predicted octanol–water partition coefficient (Wildman–Crippen LogP) is 3.15. The lowest BCUT2D eigenvalue weighted by atomic mass is 10.2. The number of nitrogens with zero attached hydrogens (tertiary/aromatic N) is 1. The summed E-state index contributed by atoms with van der Waals surface area (Å²) in [7, 11) is -2.01. The first kappa shape index (κ1) is 21.6. The lowest BCUT2D eigenvalue weighted by Crippen LogP contribution is -2.23. The Morgan fingerprint density at radius 3 is 2.43 bits per heavy atom. The van der Waals surface area contributed by atoms with Crippen LogP contribution in [-0.4, -0.2) is 26.4 Å². The van der Waals surface area contributed by atoms with Crippen LogP contribution in [0.2, 0.25) is 5.02 Å². The smallest absolute Gasteiger partial charge is 0.253 e. The van der Waals surface area contributed by atoms with Crippen molar-refractivity contribution in [2.24, 2.45) is 5.14 Å². The van der Waals surface area contributed by atoms with Crippen LogP contribution in [0.5, 0.6) is 11.6 Å². The number of benzene rings is 2. The normalized spacial score (nSPS) is 11.0. The molecule has 1 amide bonds. The number of hydrogen-bond acceptors (Lipinski definition) is 6. The van der Waals surface area contributed by atoms with E-state index in [1.54, 1.807) is 24.3 Å². The van der Waals surface area contributed by atoms with Gasteiger partial charge in [-0.25, -0.2) is 18.5 Å². The number of carbonyl (C=O) groups excluding carboxylic acids is 1. The molecule has 8 nitrogen and oxygen atoms in total. The van der Waals surface area contributed by atoms with E-state index in [1.165, 1.54) is 24.4 Å². The SMILES string of the molecule is CNc1ccc(Oc2ccc(C(=O)NCc3ccc(S(N)(=O)=O)cc3Cl)cn2)cc1. The largest absolute Gasteiger partial charge is 0.439 e. The third-order valence-corrected chi connectivity index (χ3v) is 5.42. The second-order valence-corrected chi connectivity index (χ2v) is 8.21. The zero-order valence-electron chi connectivity index (χ0n) is 15.9. The monoisotopic (exact) mass is 446 g/mol. The van der Waals surface area contributed by atoms with Crippen molar-refractivity contribution in [3.63, 3.8) is 0 Å². The summed E-state index contributed by atoms with van der Waals surface area (Å²) in [6.45, 7) is 0.110. The van der Waals surface area contributed by atoms with Gasteiger partial charge in [-0.1, -0.05) is 17.7 Å². The molecular weight excluding hydrogens is 428 g/mol. The Bertz CT molecular complexity index is 1150. The number of amides is 1. The lowest BCUT2D eigenvalue weighted by Gasteiger charge is -2.09. The molecule has 0 spiro atoms. The lowest BCUT2D eigenvalue weighted by molar-refractivity contribution is 0.0950. The van der Waals surface area contributed by atoms with Gasteiger partial charge < -0.3 is 15.4 Å². The molecule has 10 heteroatoms. The van der Waals surface area contributed by atoms with Gasteiger partial charge in [-0.3, -0.25) is 4.79 Å². The zero-order valence-corrected chi connectivity index (χ0v) is 17.5. The fourth-order valence-corrected chi connectivity index (χ4v) is 3.36. The first-order chi connectivity index (χ1) is 14.3. The molecular formula is C20H19ClN4O4S. The zero-order chi connectivity index (χ0) is 21.7. The van der Waals surface area contributed by atoms with Crippen molar-refractivity contribution in [3.8, 4) is 11.6 Å². The number of halogens is 1. The Kier molecular flexibility index (Phi) is 6.56. The number of anilines is 1. The molecule has 0 bridgehead atoms. The molecule has 0 atom stereocenters. The van der Waals surface area contributed by atoms with Gasteiger partial charge in [0, 0.05) is 36.6 Å². The van der Waals surface area contributed by atoms with Crippen LogP contribution in [0, 0.1) is 0 Å². The molecule has 4 N–H and O–H groups in total. The van der Waals surface area contributed by atoms with E-state index in [1.807, 2.05) is 19.2 Å². The molecule has 0 fully saturated rings. The molecule has 30 heavy (non-hydrogen) atoms. The minimum Gasteiger partial charge on any atom is -0.439 e. The van der Waals surface area contributed by atoms with Crippen molar-refractivity contribution in [1.82, 2.24) is 10.3 Å². The Morgan fingerprint density at radius 1 is 1.13 bits per heavy atom. The quantitative estimate of drug-likeness (QED) is 0.512. The van der Waals surface area contributed by atoms with E-state index in [9.17, 15) is 13.2 Å². The summed E-state index contributed by atoms with van der Waals surface area (Å²) in [6, 6.07) is 14.6. The van der Waals surface area contributed by atoms with Crippen LogP contribution in [0.4, 0.5) is 5.69 Å². The molecule has 3 rings (SSSR count). The first-order valence-corrected chi connectivity index (χ1v) is 10.7. The molecule has 156 valence electrons. The highest BCUT2D eigenvalue weighted by Gasteiger charge is 2.12. The Morgan fingerprint density at radius 2 is 1.87 bits per heavy atom. The highest BCUT2D eigenvalue weighted by molar-refractivity contribution is 7.89. The van der Waals surface area contributed by atoms with E-state index in [4.69, 9.17) is 21.5 Å². The molecule has 0 saturated heterocycles. The number of primary sulfonamides is 1. The van der Waals surface area contributed by atoms with Crippen LogP contribution in [0.3, 0.4) is 0 Å². The third kappa shape index (κ3) is 5.47. The number of nitrogens with one attached hydrogen (secondary N) is 2. The van der Waals surface area contributed by atoms with Gasteiger partial charge in [-0.05, 0) is 48.0 Å². The summed E-state index contributed by atoms with van der Waals surface area (Å²) in [5.74, 6) is 0.612. The molecule has 0 radical (unpaired) electrons. The first-order valence-electron chi connectivity index (χ1n) is 8.77.